The zero-order valence-corrected chi connectivity index (χ0v) is 8.74. The van der Waals surface area contributed by atoms with Crippen molar-refractivity contribution in [2.24, 2.45) is 5.73 Å². The molecule has 0 saturated heterocycles. The van der Waals surface area contributed by atoms with E-state index in [9.17, 15) is 13.6 Å². The SMILES string of the molecule is CCOC(=O)c1cc(CN)nc(C(F)F)c1. The summed E-state index contributed by atoms with van der Waals surface area (Å²) in [4.78, 5) is 15.0. The van der Waals surface area contributed by atoms with Crippen LogP contribution in [0.1, 0.15) is 35.1 Å². The molecule has 0 aliphatic rings. The number of hydrogen-bond donors (Lipinski definition) is 1. The molecular weight excluding hydrogens is 218 g/mol. The standard InChI is InChI=1S/C10H12F2N2O2/c1-2-16-10(15)6-3-7(5-13)14-8(4-6)9(11)12/h3-4,9H,2,5,13H2,1H3. The van der Waals surface area contributed by atoms with Crippen molar-refractivity contribution >= 4 is 5.97 Å². The van der Waals surface area contributed by atoms with Gasteiger partial charge in [-0.3, -0.25) is 4.98 Å². The lowest BCUT2D eigenvalue weighted by Crippen LogP contribution is -2.10. The van der Waals surface area contributed by atoms with Gasteiger partial charge in [0.15, 0.2) is 0 Å². The van der Waals surface area contributed by atoms with E-state index in [1.807, 2.05) is 0 Å². The van der Waals surface area contributed by atoms with E-state index in [1.54, 1.807) is 6.92 Å². The number of pyridine rings is 1. The van der Waals surface area contributed by atoms with Crippen molar-refractivity contribution in [2.75, 3.05) is 6.61 Å². The summed E-state index contributed by atoms with van der Waals surface area (Å²) in [6.45, 7) is 1.81. The third kappa shape index (κ3) is 2.96. The molecule has 0 saturated carbocycles. The normalized spacial score (nSPS) is 10.6. The van der Waals surface area contributed by atoms with Gasteiger partial charge >= 0.3 is 5.97 Å². The number of rotatable bonds is 4. The maximum Gasteiger partial charge on any atom is 0.338 e. The molecule has 0 unspecified atom stereocenters. The molecule has 0 aliphatic carbocycles. The number of hydrogen-bond acceptors (Lipinski definition) is 4. The van der Waals surface area contributed by atoms with Gasteiger partial charge in [-0.15, -0.1) is 0 Å². The van der Waals surface area contributed by atoms with Gasteiger partial charge in [0.2, 0.25) is 0 Å². The van der Waals surface area contributed by atoms with Crippen LogP contribution >= 0.6 is 0 Å². The van der Waals surface area contributed by atoms with Crippen molar-refractivity contribution in [3.63, 3.8) is 0 Å². The summed E-state index contributed by atoms with van der Waals surface area (Å²) >= 11 is 0. The van der Waals surface area contributed by atoms with E-state index in [2.05, 4.69) is 4.98 Å². The van der Waals surface area contributed by atoms with Crippen molar-refractivity contribution in [3.8, 4) is 0 Å². The second-order valence-electron chi connectivity index (χ2n) is 3.00. The lowest BCUT2D eigenvalue weighted by molar-refractivity contribution is 0.0525. The highest BCUT2D eigenvalue weighted by atomic mass is 19.3. The van der Waals surface area contributed by atoms with E-state index in [1.165, 1.54) is 6.07 Å². The molecule has 1 aromatic heterocycles. The van der Waals surface area contributed by atoms with Crippen LogP contribution in [-0.4, -0.2) is 17.6 Å². The van der Waals surface area contributed by atoms with Crippen molar-refractivity contribution < 1.29 is 18.3 Å². The molecule has 0 fully saturated rings. The summed E-state index contributed by atoms with van der Waals surface area (Å²) in [6, 6.07) is 2.37. The van der Waals surface area contributed by atoms with Crippen LogP contribution in [0.15, 0.2) is 12.1 Å². The van der Waals surface area contributed by atoms with Crippen LogP contribution in [0, 0.1) is 0 Å². The van der Waals surface area contributed by atoms with Gasteiger partial charge < -0.3 is 10.5 Å². The molecule has 1 rings (SSSR count). The average molecular weight is 230 g/mol. The zero-order valence-electron chi connectivity index (χ0n) is 8.74. The fourth-order valence-corrected chi connectivity index (χ4v) is 1.16. The van der Waals surface area contributed by atoms with E-state index in [4.69, 9.17) is 10.5 Å². The van der Waals surface area contributed by atoms with Crippen LogP contribution in [0.3, 0.4) is 0 Å². The molecule has 4 nitrogen and oxygen atoms in total. The molecule has 2 N–H and O–H groups in total. The van der Waals surface area contributed by atoms with Crippen molar-refractivity contribution in [1.29, 1.82) is 0 Å². The van der Waals surface area contributed by atoms with Gasteiger partial charge in [0.1, 0.15) is 5.69 Å². The first-order valence-corrected chi connectivity index (χ1v) is 4.74. The maximum atomic E-state index is 12.5. The minimum atomic E-state index is -2.74. The van der Waals surface area contributed by atoms with Crippen LogP contribution in [0.2, 0.25) is 0 Å². The highest BCUT2D eigenvalue weighted by Crippen LogP contribution is 2.19. The molecular formula is C10H12F2N2O2. The predicted octanol–water partition coefficient (Wildman–Crippen LogP) is 1.65. The first-order chi connectivity index (χ1) is 7.58. The van der Waals surface area contributed by atoms with E-state index in [-0.39, 0.29) is 24.4 Å². The number of nitrogens with two attached hydrogens (primary N) is 1. The van der Waals surface area contributed by atoms with Crippen LogP contribution in [0.4, 0.5) is 8.78 Å². The van der Waals surface area contributed by atoms with Gasteiger partial charge in [-0.1, -0.05) is 0 Å². The number of aromatic nitrogens is 1. The summed E-state index contributed by atoms with van der Waals surface area (Å²) in [5, 5.41) is 0. The Morgan fingerprint density at radius 1 is 1.56 bits per heavy atom. The fraction of sp³-hybridized carbons (Fsp3) is 0.400. The Kier molecular flexibility index (Phi) is 4.30. The molecule has 0 aromatic carbocycles. The topological polar surface area (TPSA) is 65.2 Å². The number of carbonyl (C=O) groups excluding carboxylic acids is 1. The summed E-state index contributed by atoms with van der Waals surface area (Å²) < 4.78 is 29.6. The monoisotopic (exact) mass is 230 g/mol. The molecule has 1 aromatic rings. The van der Waals surface area contributed by atoms with Gasteiger partial charge in [0.05, 0.1) is 17.9 Å². The second kappa shape index (κ2) is 5.50. The molecule has 16 heavy (non-hydrogen) atoms. The second-order valence-corrected chi connectivity index (χ2v) is 3.00. The molecule has 0 radical (unpaired) electrons. The molecule has 0 amide bonds. The average Bonchev–Trinajstić information content (AvgIpc) is 2.28. The lowest BCUT2D eigenvalue weighted by Gasteiger charge is -2.06. The van der Waals surface area contributed by atoms with Gasteiger partial charge in [-0.05, 0) is 19.1 Å². The number of carbonyl (C=O) groups is 1. The Morgan fingerprint density at radius 2 is 2.25 bits per heavy atom. The molecule has 0 aliphatic heterocycles. The largest absolute Gasteiger partial charge is 0.462 e. The third-order valence-corrected chi connectivity index (χ3v) is 1.84. The Labute approximate surface area is 91.4 Å². The minimum Gasteiger partial charge on any atom is -0.462 e. The smallest absolute Gasteiger partial charge is 0.338 e. The van der Waals surface area contributed by atoms with Crippen LogP contribution in [0.25, 0.3) is 0 Å². The molecule has 6 heteroatoms. The quantitative estimate of drug-likeness (QED) is 0.799. The van der Waals surface area contributed by atoms with E-state index >= 15 is 0 Å². The first-order valence-electron chi connectivity index (χ1n) is 4.74. The summed E-state index contributed by atoms with van der Waals surface area (Å²) in [5.74, 6) is -0.651. The fourth-order valence-electron chi connectivity index (χ4n) is 1.16. The number of alkyl halides is 2. The van der Waals surface area contributed by atoms with Gasteiger partial charge in [-0.2, -0.15) is 0 Å². The molecule has 0 bridgehead atoms. The summed E-state index contributed by atoms with van der Waals surface area (Å²) in [6.07, 6.45) is -2.74. The molecule has 1 heterocycles. The Balaban J connectivity index is 3.08. The number of esters is 1. The summed E-state index contributed by atoms with van der Waals surface area (Å²) in [7, 11) is 0. The van der Waals surface area contributed by atoms with Gasteiger partial charge in [0, 0.05) is 6.54 Å². The zero-order chi connectivity index (χ0) is 12.1. The molecule has 0 atom stereocenters. The molecule has 0 spiro atoms. The Hall–Kier alpha value is -1.56. The lowest BCUT2D eigenvalue weighted by atomic mass is 10.2. The van der Waals surface area contributed by atoms with Crippen molar-refractivity contribution in [3.05, 3.63) is 29.1 Å². The Morgan fingerprint density at radius 3 is 2.75 bits per heavy atom. The van der Waals surface area contributed by atoms with E-state index in [0.717, 1.165) is 6.07 Å². The van der Waals surface area contributed by atoms with Gasteiger partial charge in [0.25, 0.3) is 6.43 Å². The first kappa shape index (κ1) is 12.5. The maximum absolute atomic E-state index is 12.5. The highest BCUT2D eigenvalue weighted by Gasteiger charge is 2.15. The highest BCUT2D eigenvalue weighted by molar-refractivity contribution is 5.89. The minimum absolute atomic E-state index is 0.00698. The van der Waals surface area contributed by atoms with E-state index < -0.39 is 18.1 Å². The van der Waals surface area contributed by atoms with Gasteiger partial charge in [-0.25, -0.2) is 13.6 Å². The number of ether oxygens (including phenoxy) is 1. The van der Waals surface area contributed by atoms with Crippen LogP contribution in [-0.2, 0) is 11.3 Å². The van der Waals surface area contributed by atoms with Crippen LogP contribution < -0.4 is 5.73 Å². The van der Waals surface area contributed by atoms with E-state index in [0.29, 0.717) is 0 Å². The number of nitrogens with zero attached hydrogens (tertiary/aromatic N) is 1. The molecule has 88 valence electrons. The summed E-state index contributed by atoms with van der Waals surface area (Å²) in [5.41, 5.74) is 5.12. The Bertz CT molecular complexity index is 383. The van der Waals surface area contributed by atoms with Crippen LogP contribution in [0.5, 0.6) is 0 Å². The van der Waals surface area contributed by atoms with Crippen molar-refractivity contribution in [2.45, 2.75) is 19.9 Å². The third-order valence-electron chi connectivity index (χ3n) is 1.84. The van der Waals surface area contributed by atoms with Crippen molar-refractivity contribution in [1.82, 2.24) is 4.98 Å². The number of halogens is 2. The predicted molar refractivity (Wildman–Crippen MR) is 53.0 cm³/mol.